The summed E-state index contributed by atoms with van der Waals surface area (Å²) in [6.07, 6.45) is 8.39. The van der Waals surface area contributed by atoms with Crippen molar-refractivity contribution in [2.45, 2.75) is 38.8 Å². The molecule has 2 aliphatic heterocycles. The molecule has 152 valence electrons. The molecule has 0 aliphatic carbocycles. The topological polar surface area (TPSA) is 75.5 Å². The molecule has 2 amide bonds. The van der Waals surface area contributed by atoms with Gasteiger partial charge in [0, 0.05) is 57.3 Å². The van der Waals surface area contributed by atoms with Gasteiger partial charge in [0.15, 0.2) is 0 Å². The van der Waals surface area contributed by atoms with Crippen molar-refractivity contribution in [3.05, 3.63) is 64.8 Å². The molecule has 4 rings (SSSR count). The third-order valence-electron chi connectivity index (χ3n) is 6.25. The van der Waals surface area contributed by atoms with Gasteiger partial charge in [-0.3, -0.25) is 19.4 Å². The first-order chi connectivity index (χ1) is 14.0. The van der Waals surface area contributed by atoms with Crippen molar-refractivity contribution in [1.29, 1.82) is 0 Å². The lowest BCUT2D eigenvalue weighted by Crippen LogP contribution is -2.52. The highest BCUT2D eigenvalue weighted by Crippen LogP contribution is 2.40. The molecule has 1 spiro atoms. The minimum atomic E-state index is -0.160. The van der Waals surface area contributed by atoms with Crippen molar-refractivity contribution in [1.82, 2.24) is 19.4 Å². The van der Waals surface area contributed by atoms with Gasteiger partial charge < -0.3 is 14.4 Å². The Labute approximate surface area is 170 Å². The number of pyridine rings is 2. The minimum Gasteiger partial charge on any atom is -0.341 e. The molecule has 2 aromatic heterocycles. The van der Waals surface area contributed by atoms with Crippen LogP contribution in [-0.2, 0) is 22.7 Å². The smallest absolute Gasteiger partial charge is 0.250 e. The summed E-state index contributed by atoms with van der Waals surface area (Å²) in [5, 5.41) is 0. The number of amides is 2. The molecule has 0 radical (unpaired) electrons. The van der Waals surface area contributed by atoms with Gasteiger partial charge in [-0.05, 0) is 48.4 Å². The normalized spacial score (nSPS) is 18.8. The molecule has 2 aliphatic rings. The largest absolute Gasteiger partial charge is 0.341 e. The fraction of sp³-hybridized carbons (Fsp3) is 0.455. The molecule has 0 saturated carbocycles. The zero-order valence-electron chi connectivity index (χ0n) is 16.5. The first kappa shape index (κ1) is 19.4. The van der Waals surface area contributed by atoms with E-state index in [0.29, 0.717) is 26.1 Å². The van der Waals surface area contributed by atoms with E-state index >= 15 is 0 Å². The van der Waals surface area contributed by atoms with E-state index < -0.39 is 0 Å². The Bertz CT molecular complexity index is 932. The molecule has 2 aromatic rings. The zero-order valence-corrected chi connectivity index (χ0v) is 16.5. The van der Waals surface area contributed by atoms with Crippen LogP contribution >= 0.6 is 0 Å². The van der Waals surface area contributed by atoms with Crippen LogP contribution in [0.4, 0.5) is 0 Å². The van der Waals surface area contributed by atoms with Crippen molar-refractivity contribution in [3.63, 3.8) is 0 Å². The Kier molecular flexibility index (Phi) is 5.47. The first-order valence-electron chi connectivity index (χ1n) is 10.1. The van der Waals surface area contributed by atoms with Gasteiger partial charge in [0.1, 0.15) is 6.54 Å². The molecule has 7 heteroatoms. The van der Waals surface area contributed by atoms with Gasteiger partial charge in [-0.25, -0.2) is 0 Å². The molecule has 0 unspecified atom stereocenters. The predicted molar refractivity (Wildman–Crippen MR) is 108 cm³/mol. The fourth-order valence-electron chi connectivity index (χ4n) is 4.43. The maximum atomic E-state index is 12.6. The number of hydrogen-bond acceptors (Lipinski definition) is 4. The van der Waals surface area contributed by atoms with Crippen molar-refractivity contribution in [3.8, 4) is 0 Å². The standard InChI is InChI=1S/C22H26N4O3/c27-19-3-1-2-12-25(19)16-21(29)24-13-8-22(9-14-24)7-4-20(28)26(17-22)15-18-5-10-23-11-6-18/h1-3,5-6,10-12H,4,7-9,13-17H2. The van der Waals surface area contributed by atoms with E-state index in [2.05, 4.69) is 4.98 Å². The van der Waals surface area contributed by atoms with E-state index in [0.717, 1.165) is 31.4 Å². The Balaban J connectivity index is 1.36. The number of carbonyl (C=O) groups is 2. The van der Waals surface area contributed by atoms with Crippen LogP contribution in [0.5, 0.6) is 0 Å². The highest BCUT2D eigenvalue weighted by atomic mass is 16.2. The first-order valence-corrected chi connectivity index (χ1v) is 10.1. The summed E-state index contributed by atoms with van der Waals surface area (Å²) in [4.78, 5) is 44.8. The summed E-state index contributed by atoms with van der Waals surface area (Å²) in [7, 11) is 0. The summed E-state index contributed by atoms with van der Waals surface area (Å²) in [6.45, 7) is 2.80. The second-order valence-corrected chi connectivity index (χ2v) is 8.15. The van der Waals surface area contributed by atoms with Crippen LogP contribution in [0.1, 0.15) is 31.2 Å². The number of hydrogen-bond donors (Lipinski definition) is 0. The second-order valence-electron chi connectivity index (χ2n) is 8.15. The molecule has 0 bridgehead atoms. The van der Waals surface area contributed by atoms with Crippen molar-refractivity contribution in [2.75, 3.05) is 19.6 Å². The van der Waals surface area contributed by atoms with Gasteiger partial charge in [0.05, 0.1) is 0 Å². The van der Waals surface area contributed by atoms with E-state index in [9.17, 15) is 14.4 Å². The van der Waals surface area contributed by atoms with Crippen molar-refractivity contribution < 1.29 is 9.59 Å². The molecule has 2 saturated heterocycles. The van der Waals surface area contributed by atoms with Gasteiger partial charge in [-0.2, -0.15) is 0 Å². The van der Waals surface area contributed by atoms with E-state index in [4.69, 9.17) is 0 Å². The van der Waals surface area contributed by atoms with Crippen LogP contribution in [0.25, 0.3) is 0 Å². The van der Waals surface area contributed by atoms with Crippen LogP contribution in [0.3, 0.4) is 0 Å². The molecule has 7 nitrogen and oxygen atoms in total. The lowest BCUT2D eigenvalue weighted by Gasteiger charge is -2.47. The van der Waals surface area contributed by atoms with Gasteiger partial charge in [-0.15, -0.1) is 0 Å². The molecule has 29 heavy (non-hydrogen) atoms. The SMILES string of the molecule is O=C(Cn1ccccc1=O)N1CCC2(CCC(=O)N(Cc3ccncc3)C2)CC1. The van der Waals surface area contributed by atoms with E-state index in [-0.39, 0.29) is 29.3 Å². The number of aromatic nitrogens is 2. The molecule has 2 fully saturated rings. The summed E-state index contributed by atoms with van der Waals surface area (Å²) < 4.78 is 1.45. The number of likely N-dealkylation sites (tertiary alicyclic amines) is 2. The maximum absolute atomic E-state index is 12.6. The predicted octanol–water partition coefficient (Wildman–Crippen LogP) is 1.67. The van der Waals surface area contributed by atoms with Crippen LogP contribution in [-0.4, -0.2) is 50.8 Å². The number of rotatable bonds is 4. The minimum absolute atomic E-state index is 0.0197. The van der Waals surface area contributed by atoms with Gasteiger partial charge in [-0.1, -0.05) is 6.07 Å². The number of piperidine rings is 2. The molecular formula is C22H26N4O3. The zero-order chi connectivity index (χ0) is 20.3. The highest BCUT2D eigenvalue weighted by Gasteiger charge is 2.41. The molecular weight excluding hydrogens is 368 g/mol. The van der Waals surface area contributed by atoms with Gasteiger partial charge in [0.25, 0.3) is 5.56 Å². The van der Waals surface area contributed by atoms with Crippen LogP contribution in [0.2, 0.25) is 0 Å². The lowest BCUT2D eigenvalue weighted by molar-refractivity contribution is -0.143. The molecule has 0 atom stereocenters. The van der Waals surface area contributed by atoms with E-state index in [1.165, 1.54) is 10.6 Å². The highest BCUT2D eigenvalue weighted by molar-refractivity contribution is 5.77. The average molecular weight is 394 g/mol. The Morgan fingerprint density at radius 3 is 2.52 bits per heavy atom. The molecule has 0 N–H and O–H groups in total. The summed E-state index contributed by atoms with van der Waals surface area (Å²) in [5.41, 5.74) is 1.01. The number of carbonyl (C=O) groups excluding carboxylic acids is 2. The summed E-state index contributed by atoms with van der Waals surface area (Å²) >= 11 is 0. The third-order valence-corrected chi connectivity index (χ3v) is 6.25. The second kappa shape index (κ2) is 8.19. The molecule has 4 heterocycles. The quantitative estimate of drug-likeness (QED) is 0.791. The van der Waals surface area contributed by atoms with E-state index in [1.807, 2.05) is 21.9 Å². The Morgan fingerprint density at radius 1 is 1.03 bits per heavy atom. The fourth-order valence-corrected chi connectivity index (χ4v) is 4.43. The monoisotopic (exact) mass is 394 g/mol. The summed E-state index contributed by atoms with van der Waals surface area (Å²) in [5.74, 6) is 0.183. The Morgan fingerprint density at radius 2 is 1.79 bits per heavy atom. The van der Waals surface area contributed by atoms with Gasteiger partial charge >= 0.3 is 0 Å². The lowest BCUT2D eigenvalue weighted by atomic mass is 9.72. The molecule has 0 aromatic carbocycles. The Hall–Kier alpha value is -2.96. The van der Waals surface area contributed by atoms with Crippen LogP contribution in [0.15, 0.2) is 53.7 Å². The number of nitrogens with zero attached hydrogens (tertiary/aromatic N) is 4. The van der Waals surface area contributed by atoms with Crippen molar-refractivity contribution in [2.24, 2.45) is 5.41 Å². The maximum Gasteiger partial charge on any atom is 0.250 e. The summed E-state index contributed by atoms with van der Waals surface area (Å²) in [6, 6.07) is 8.80. The van der Waals surface area contributed by atoms with Crippen LogP contribution < -0.4 is 5.56 Å². The van der Waals surface area contributed by atoms with Gasteiger partial charge in [0.2, 0.25) is 11.8 Å². The third kappa shape index (κ3) is 4.39. The van der Waals surface area contributed by atoms with Crippen molar-refractivity contribution >= 4 is 11.8 Å². The van der Waals surface area contributed by atoms with Crippen LogP contribution in [0, 0.1) is 5.41 Å². The van der Waals surface area contributed by atoms with E-state index in [1.54, 1.807) is 30.7 Å². The average Bonchev–Trinajstić information content (AvgIpc) is 2.74.